The summed E-state index contributed by atoms with van der Waals surface area (Å²) in [5.41, 5.74) is 3.08. The van der Waals surface area contributed by atoms with Gasteiger partial charge in [-0.1, -0.05) is 13.8 Å². The first-order valence-corrected chi connectivity index (χ1v) is 7.79. The van der Waals surface area contributed by atoms with Crippen LogP contribution in [0.25, 0.3) is 0 Å². The normalized spacial score (nSPS) is 12.4. The summed E-state index contributed by atoms with van der Waals surface area (Å²) in [6.45, 7) is 10.3. The molecule has 0 bridgehead atoms. The number of hydrogen-bond donors (Lipinski definition) is 1. The van der Waals surface area contributed by atoms with Crippen molar-refractivity contribution in [1.29, 1.82) is 0 Å². The predicted octanol–water partition coefficient (Wildman–Crippen LogP) is 3.24. The number of hydrogen-bond acceptors (Lipinski definition) is 6. The summed E-state index contributed by atoms with van der Waals surface area (Å²) in [4.78, 5) is 10.2. The van der Waals surface area contributed by atoms with Crippen molar-refractivity contribution < 1.29 is 0 Å². The maximum Gasteiger partial charge on any atom is 0.243 e. The summed E-state index contributed by atoms with van der Waals surface area (Å²) >= 11 is 1.71. The molecule has 0 aromatic carbocycles. The van der Waals surface area contributed by atoms with Gasteiger partial charge in [0.25, 0.3) is 0 Å². The third kappa shape index (κ3) is 3.12. The molecule has 108 valence electrons. The van der Waals surface area contributed by atoms with E-state index in [1.165, 1.54) is 4.88 Å². The molecule has 2 aromatic heterocycles. The number of aromatic nitrogens is 4. The van der Waals surface area contributed by atoms with Crippen LogP contribution in [-0.4, -0.2) is 20.2 Å². The van der Waals surface area contributed by atoms with E-state index in [1.807, 2.05) is 13.8 Å². The van der Waals surface area contributed by atoms with E-state index in [0.717, 1.165) is 34.9 Å². The van der Waals surface area contributed by atoms with Crippen molar-refractivity contribution >= 4 is 17.3 Å². The molecular weight excluding hydrogens is 270 g/mol. The van der Waals surface area contributed by atoms with Gasteiger partial charge in [-0.25, -0.2) is 9.97 Å². The molecule has 0 aliphatic carbocycles. The van der Waals surface area contributed by atoms with Gasteiger partial charge >= 0.3 is 0 Å². The first-order valence-electron chi connectivity index (χ1n) is 6.98. The van der Waals surface area contributed by atoms with Crippen LogP contribution in [0.1, 0.15) is 53.8 Å². The fourth-order valence-electron chi connectivity index (χ4n) is 2.21. The van der Waals surface area contributed by atoms with E-state index in [0.29, 0.717) is 5.95 Å². The van der Waals surface area contributed by atoms with Gasteiger partial charge in [0.1, 0.15) is 0 Å². The standard InChI is InChI=1S/C14H21N5S/c1-6-11-12(7-2)18-19-14(17-11)16-9(4)13-8(3)15-10(5)20-13/h9H,6-7H2,1-5H3,(H,16,17,19). The predicted molar refractivity (Wildman–Crippen MR) is 82.2 cm³/mol. The molecule has 0 spiro atoms. The van der Waals surface area contributed by atoms with Gasteiger partial charge in [0.2, 0.25) is 5.95 Å². The van der Waals surface area contributed by atoms with Gasteiger partial charge in [0.05, 0.1) is 28.1 Å². The molecule has 0 saturated heterocycles. The summed E-state index contributed by atoms with van der Waals surface area (Å²) in [6.07, 6.45) is 1.74. The Morgan fingerprint density at radius 2 is 1.75 bits per heavy atom. The van der Waals surface area contributed by atoms with Crippen molar-refractivity contribution in [1.82, 2.24) is 20.2 Å². The Bertz CT molecular complexity index is 593. The van der Waals surface area contributed by atoms with Crippen LogP contribution in [0.4, 0.5) is 5.95 Å². The number of aryl methyl sites for hydroxylation is 4. The Morgan fingerprint density at radius 3 is 2.30 bits per heavy atom. The highest BCUT2D eigenvalue weighted by Gasteiger charge is 2.15. The lowest BCUT2D eigenvalue weighted by Crippen LogP contribution is -2.12. The molecule has 0 saturated carbocycles. The summed E-state index contributed by atoms with van der Waals surface area (Å²) in [6, 6.07) is 0.139. The van der Waals surface area contributed by atoms with Crippen molar-refractivity contribution in [2.24, 2.45) is 0 Å². The Labute approximate surface area is 123 Å². The van der Waals surface area contributed by atoms with E-state index in [9.17, 15) is 0 Å². The van der Waals surface area contributed by atoms with E-state index in [4.69, 9.17) is 0 Å². The second-order valence-electron chi connectivity index (χ2n) is 4.78. The van der Waals surface area contributed by atoms with Gasteiger partial charge in [-0.3, -0.25) is 0 Å². The number of rotatable bonds is 5. The minimum atomic E-state index is 0.139. The number of anilines is 1. The van der Waals surface area contributed by atoms with Crippen molar-refractivity contribution in [3.63, 3.8) is 0 Å². The van der Waals surface area contributed by atoms with Crippen molar-refractivity contribution in [2.75, 3.05) is 5.32 Å². The highest BCUT2D eigenvalue weighted by Crippen LogP contribution is 2.26. The molecule has 20 heavy (non-hydrogen) atoms. The third-order valence-electron chi connectivity index (χ3n) is 3.19. The van der Waals surface area contributed by atoms with E-state index < -0.39 is 0 Å². The molecule has 0 aliphatic rings. The van der Waals surface area contributed by atoms with Crippen LogP contribution in [0.15, 0.2) is 0 Å². The summed E-state index contributed by atoms with van der Waals surface area (Å²) in [5.74, 6) is 0.594. The fraction of sp³-hybridized carbons (Fsp3) is 0.571. The summed E-state index contributed by atoms with van der Waals surface area (Å²) in [5, 5.41) is 12.8. The number of thiazole rings is 1. The zero-order valence-electron chi connectivity index (χ0n) is 12.7. The lowest BCUT2D eigenvalue weighted by molar-refractivity contribution is 0.792. The maximum atomic E-state index is 4.56. The van der Waals surface area contributed by atoms with Gasteiger partial charge in [-0.2, -0.15) is 5.10 Å². The molecular formula is C14H21N5S. The minimum absolute atomic E-state index is 0.139. The fourth-order valence-corrected chi connectivity index (χ4v) is 3.14. The molecule has 0 aliphatic heterocycles. The minimum Gasteiger partial charge on any atom is -0.346 e. The monoisotopic (exact) mass is 291 g/mol. The Balaban J connectivity index is 2.19. The van der Waals surface area contributed by atoms with Gasteiger partial charge in [-0.15, -0.1) is 16.4 Å². The van der Waals surface area contributed by atoms with Crippen LogP contribution < -0.4 is 5.32 Å². The zero-order valence-corrected chi connectivity index (χ0v) is 13.5. The number of nitrogens with one attached hydrogen (secondary N) is 1. The first kappa shape index (κ1) is 14.8. The van der Waals surface area contributed by atoms with Crippen molar-refractivity contribution in [3.05, 3.63) is 27.0 Å². The second kappa shape index (κ2) is 6.26. The average Bonchev–Trinajstić information content (AvgIpc) is 2.77. The molecule has 2 heterocycles. The second-order valence-corrected chi connectivity index (χ2v) is 6.02. The highest BCUT2D eigenvalue weighted by atomic mass is 32.1. The zero-order chi connectivity index (χ0) is 14.7. The Morgan fingerprint density at radius 1 is 1.05 bits per heavy atom. The largest absolute Gasteiger partial charge is 0.346 e. The van der Waals surface area contributed by atoms with Gasteiger partial charge in [-0.05, 0) is 33.6 Å². The average molecular weight is 291 g/mol. The Kier molecular flexibility index (Phi) is 4.65. The van der Waals surface area contributed by atoms with Crippen LogP contribution in [-0.2, 0) is 12.8 Å². The molecule has 1 N–H and O–H groups in total. The molecule has 6 heteroatoms. The Hall–Kier alpha value is -1.56. The number of nitrogens with zero attached hydrogens (tertiary/aromatic N) is 4. The summed E-state index contributed by atoms with van der Waals surface area (Å²) in [7, 11) is 0. The SMILES string of the molecule is CCc1nnc(NC(C)c2sc(C)nc2C)nc1CC. The highest BCUT2D eigenvalue weighted by molar-refractivity contribution is 7.11. The van der Waals surface area contributed by atoms with Crippen LogP contribution >= 0.6 is 11.3 Å². The lowest BCUT2D eigenvalue weighted by atomic mass is 10.2. The summed E-state index contributed by atoms with van der Waals surface area (Å²) < 4.78 is 0. The van der Waals surface area contributed by atoms with Crippen LogP contribution in [0, 0.1) is 13.8 Å². The van der Waals surface area contributed by atoms with E-state index in [-0.39, 0.29) is 6.04 Å². The molecule has 0 radical (unpaired) electrons. The molecule has 0 fully saturated rings. The van der Waals surface area contributed by atoms with Crippen molar-refractivity contribution in [2.45, 2.75) is 53.5 Å². The van der Waals surface area contributed by atoms with Crippen LogP contribution in [0.5, 0.6) is 0 Å². The van der Waals surface area contributed by atoms with Crippen molar-refractivity contribution in [3.8, 4) is 0 Å². The third-order valence-corrected chi connectivity index (χ3v) is 4.44. The van der Waals surface area contributed by atoms with Crippen LogP contribution in [0.2, 0.25) is 0 Å². The topological polar surface area (TPSA) is 63.6 Å². The molecule has 1 unspecified atom stereocenters. The molecule has 2 rings (SSSR count). The molecule has 0 amide bonds. The van der Waals surface area contributed by atoms with Gasteiger partial charge < -0.3 is 5.32 Å². The lowest BCUT2D eigenvalue weighted by Gasteiger charge is -2.13. The van der Waals surface area contributed by atoms with Gasteiger partial charge in [0.15, 0.2) is 0 Å². The van der Waals surface area contributed by atoms with Crippen LogP contribution in [0.3, 0.4) is 0 Å². The molecule has 2 aromatic rings. The van der Waals surface area contributed by atoms with E-state index >= 15 is 0 Å². The molecule has 1 atom stereocenters. The van der Waals surface area contributed by atoms with Gasteiger partial charge in [0, 0.05) is 4.88 Å². The van der Waals surface area contributed by atoms with E-state index in [1.54, 1.807) is 11.3 Å². The quantitative estimate of drug-likeness (QED) is 0.916. The first-order chi connectivity index (χ1) is 9.55. The molecule has 5 nitrogen and oxygen atoms in total. The smallest absolute Gasteiger partial charge is 0.243 e. The maximum absolute atomic E-state index is 4.56. The van der Waals surface area contributed by atoms with E-state index in [2.05, 4.69) is 46.3 Å².